The molecule has 31 heavy (non-hydrogen) atoms. The van der Waals surface area contributed by atoms with Crippen molar-refractivity contribution in [1.82, 2.24) is 10.2 Å². The predicted molar refractivity (Wildman–Crippen MR) is 114 cm³/mol. The Morgan fingerprint density at radius 3 is 2.71 bits per heavy atom. The minimum atomic E-state index is -3.32. The molecule has 0 amide bonds. The molecule has 0 atom stereocenters. The number of nitriles is 1. The van der Waals surface area contributed by atoms with E-state index in [1.54, 1.807) is 24.3 Å². The van der Waals surface area contributed by atoms with Gasteiger partial charge in [0.2, 0.25) is 0 Å². The first kappa shape index (κ1) is 21.9. The lowest BCUT2D eigenvalue weighted by atomic mass is 10.2. The zero-order valence-corrected chi connectivity index (χ0v) is 17.9. The van der Waals surface area contributed by atoms with Gasteiger partial charge in [-0.3, -0.25) is 5.10 Å². The molecular formula is C22H20N4O4S. The molecule has 158 valence electrons. The van der Waals surface area contributed by atoms with Crippen LogP contribution in [0.4, 0.5) is 5.69 Å². The molecule has 3 aromatic rings. The molecule has 0 aliphatic carbocycles. The van der Waals surface area contributed by atoms with Gasteiger partial charge in [0.1, 0.15) is 17.2 Å². The van der Waals surface area contributed by atoms with Crippen molar-refractivity contribution in [3.8, 4) is 23.3 Å². The first-order valence-electron chi connectivity index (χ1n) is 9.43. The third-order valence-corrected chi connectivity index (χ3v) is 5.53. The van der Waals surface area contributed by atoms with Gasteiger partial charge in [0.15, 0.2) is 21.3 Å². The van der Waals surface area contributed by atoms with E-state index in [2.05, 4.69) is 15.0 Å². The average Bonchev–Trinajstić information content (AvgIpc) is 3.14. The molecule has 1 heterocycles. The summed E-state index contributed by atoms with van der Waals surface area (Å²) in [5.41, 5.74) is 2.05. The summed E-state index contributed by atoms with van der Waals surface area (Å²) in [6.07, 6.45) is 2.20. The number of nitrogens with zero attached hydrogens (tertiary/aromatic N) is 3. The van der Waals surface area contributed by atoms with E-state index < -0.39 is 9.84 Å². The van der Waals surface area contributed by atoms with Crippen LogP contribution < -0.4 is 9.47 Å². The van der Waals surface area contributed by atoms with Crippen LogP contribution in [0.2, 0.25) is 0 Å². The monoisotopic (exact) mass is 436 g/mol. The lowest BCUT2D eigenvalue weighted by molar-refractivity contribution is 0.317. The van der Waals surface area contributed by atoms with E-state index in [0.29, 0.717) is 52.7 Å². The maximum absolute atomic E-state index is 11.7. The lowest BCUT2D eigenvalue weighted by Gasteiger charge is -2.10. The van der Waals surface area contributed by atoms with Crippen LogP contribution in [0.3, 0.4) is 0 Å². The quantitative estimate of drug-likeness (QED) is 0.530. The smallest absolute Gasteiger partial charge is 0.192 e. The van der Waals surface area contributed by atoms with Gasteiger partial charge in [-0.1, -0.05) is 13.0 Å². The number of aromatic amines is 1. The Kier molecular flexibility index (Phi) is 6.58. The number of aromatic nitrogens is 2. The van der Waals surface area contributed by atoms with Gasteiger partial charge in [-0.2, -0.15) is 10.4 Å². The van der Waals surface area contributed by atoms with Crippen molar-refractivity contribution in [2.75, 3.05) is 12.9 Å². The van der Waals surface area contributed by atoms with E-state index in [4.69, 9.17) is 16.0 Å². The highest BCUT2D eigenvalue weighted by molar-refractivity contribution is 7.90. The van der Waals surface area contributed by atoms with Crippen LogP contribution in [0, 0.1) is 17.9 Å². The number of hydrogen-bond donors (Lipinski definition) is 1. The molecule has 3 rings (SSSR count). The van der Waals surface area contributed by atoms with E-state index in [9.17, 15) is 13.7 Å². The molecule has 0 aliphatic rings. The Balaban J connectivity index is 1.77. The Bertz CT molecular complexity index is 1250. The van der Waals surface area contributed by atoms with Crippen LogP contribution >= 0.6 is 0 Å². The van der Waals surface area contributed by atoms with Crippen LogP contribution in [0.1, 0.15) is 23.9 Å². The average molecular weight is 436 g/mol. The Morgan fingerprint density at radius 2 is 2.03 bits per heavy atom. The second kappa shape index (κ2) is 9.33. The second-order valence-corrected chi connectivity index (χ2v) is 8.73. The van der Waals surface area contributed by atoms with Crippen molar-refractivity contribution in [1.29, 1.82) is 5.26 Å². The van der Waals surface area contributed by atoms with E-state index in [0.717, 1.165) is 6.26 Å². The van der Waals surface area contributed by atoms with Crippen LogP contribution in [-0.2, 0) is 22.7 Å². The largest absolute Gasteiger partial charge is 0.493 e. The molecule has 0 radical (unpaired) electrons. The number of sulfone groups is 1. The summed E-state index contributed by atoms with van der Waals surface area (Å²) in [6, 6.07) is 13.0. The van der Waals surface area contributed by atoms with Gasteiger partial charge in [-0.05, 0) is 42.8 Å². The predicted octanol–water partition coefficient (Wildman–Crippen LogP) is 4.21. The topological polar surface area (TPSA) is 109 Å². The highest BCUT2D eigenvalue weighted by Crippen LogP contribution is 2.32. The fourth-order valence-electron chi connectivity index (χ4n) is 2.90. The molecule has 9 heteroatoms. The molecule has 0 spiro atoms. The van der Waals surface area contributed by atoms with E-state index >= 15 is 0 Å². The molecule has 0 fully saturated rings. The summed E-state index contributed by atoms with van der Waals surface area (Å²) in [4.78, 5) is 3.57. The van der Waals surface area contributed by atoms with Crippen LogP contribution in [0.5, 0.6) is 17.2 Å². The molecule has 1 N–H and O–H groups in total. The van der Waals surface area contributed by atoms with Crippen LogP contribution in [0.25, 0.3) is 4.85 Å². The third kappa shape index (κ3) is 5.41. The minimum Gasteiger partial charge on any atom is -0.493 e. The second-order valence-electron chi connectivity index (χ2n) is 6.72. The number of benzene rings is 2. The van der Waals surface area contributed by atoms with Gasteiger partial charge >= 0.3 is 0 Å². The van der Waals surface area contributed by atoms with Crippen molar-refractivity contribution >= 4 is 15.5 Å². The summed E-state index contributed by atoms with van der Waals surface area (Å²) < 4.78 is 35.1. The lowest BCUT2D eigenvalue weighted by Crippen LogP contribution is -2.04. The zero-order valence-electron chi connectivity index (χ0n) is 17.0. The zero-order chi connectivity index (χ0) is 22.4. The Morgan fingerprint density at radius 1 is 1.23 bits per heavy atom. The van der Waals surface area contributed by atoms with Crippen LogP contribution in [0.15, 0.2) is 47.4 Å². The number of nitrogens with one attached hydrogen (secondary N) is 1. The molecule has 0 bridgehead atoms. The van der Waals surface area contributed by atoms with Crippen LogP contribution in [-0.4, -0.2) is 31.5 Å². The number of aryl methyl sites for hydroxylation is 1. The minimum absolute atomic E-state index is 0.191. The first-order valence-corrected chi connectivity index (χ1v) is 11.3. The Labute approximate surface area is 180 Å². The van der Waals surface area contributed by atoms with Gasteiger partial charge in [0, 0.05) is 18.2 Å². The van der Waals surface area contributed by atoms with Crippen molar-refractivity contribution < 1.29 is 17.9 Å². The van der Waals surface area contributed by atoms with Crippen molar-refractivity contribution in [2.45, 2.75) is 24.7 Å². The van der Waals surface area contributed by atoms with Gasteiger partial charge in [-0.15, -0.1) is 0 Å². The van der Waals surface area contributed by atoms with Gasteiger partial charge in [-0.25, -0.2) is 13.3 Å². The molecule has 1 aromatic heterocycles. The normalized spacial score (nSPS) is 10.8. The molecule has 2 aromatic carbocycles. The number of ether oxygens (including phenoxy) is 2. The van der Waals surface area contributed by atoms with Crippen molar-refractivity contribution in [2.24, 2.45) is 0 Å². The summed E-state index contributed by atoms with van der Waals surface area (Å²) >= 11 is 0. The maximum atomic E-state index is 11.7. The fraction of sp³-hybridized carbons (Fsp3) is 0.227. The summed E-state index contributed by atoms with van der Waals surface area (Å²) in [6.45, 7) is 9.40. The number of hydrogen-bond acceptors (Lipinski definition) is 6. The number of rotatable bonds is 8. The van der Waals surface area contributed by atoms with Crippen molar-refractivity contribution in [3.63, 3.8) is 0 Å². The molecule has 0 saturated heterocycles. The molecular weight excluding hydrogens is 416 g/mol. The highest BCUT2D eigenvalue weighted by Gasteiger charge is 2.16. The SMILES string of the molecule is [C-]#[N+]c1cc(C#N)cc(Oc2c(CC)n[nH]c2CCOc2cccc(S(C)(=O)=O)c2)c1. The summed E-state index contributed by atoms with van der Waals surface area (Å²) in [5.74, 6) is 1.36. The summed E-state index contributed by atoms with van der Waals surface area (Å²) in [5, 5.41) is 16.4. The van der Waals surface area contributed by atoms with E-state index in [1.807, 2.05) is 13.0 Å². The third-order valence-electron chi connectivity index (χ3n) is 4.42. The van der Waals surface area contributed by atoms with E-state index in [-0.39, 0.29) is 11.5 Å². The Hall–Kier alpha value is -3.82. The van der Waals surface area contributed by atoms with Gasteiger partial charge in [0.05, 0.1) is 29.8 Å². The van der Waals surface area contributed by atoms with E-state index in [1.165, 1.54) is 18.2 Å². The van der Waals surface area contributed by atoms with Crippen molar-refractivity contribution in [3.05, 3.63) is 70.8 Å². The molecule has 0 unspecified atom stereocenters. The maximum Gasteiger partial charge on any atom is 0.192 e. The van der Waals surface area contributed by atoms with Gasteiger partial charge in [0.25, 0.3) is 0 Å². The molecule has 0 aliphatic heterocycles. The molecule has 0 saturated carbocycles. The standard InChI is InChI=1S/C22H20N4O4S/c1-4-20-22(30-18-11-15(14-23)10-16(12-18)24-2)21(26-25-20)8-9-29-17-6-5-7-19(13-17)31(3,27)28/h5-7,10-13H,4,8-9H2,1,3H3,(H,25,26). The highest BCUT2D eigenvalue weighted by atomic mass is 32.2. The van der Waals surface area contributed by atoms with Gasteiger partial charge < -0.3 is 9.47 Å². The summed E-state index contributed by atoms with van der Waals surface area (Å²) in [7, 11) is -3.32. The first-order chi connectivity index (χ1) is 14.8. The number of H-pyrrole nitrogens is 1. The molecule has 8 nitrogen and oxygen atoms in total. The fourth-order valence-corrected chi connectivity index (χ4v) is 3.55.